The summed E-state index contributed by atoms with van der Waals surface area (Å²) in [6.45, 7) is 0. The van der Waals surface area contributed by atoms with Gasteiger partial charge in [0, 0.05) is 12.1 Å². The number of rotatable bonds is 2. The van der Waals surface area contributed by atoms with Gasteiger partial charge in [0.25, 0.3) is 0 Å². The minimum absolute atomic E-state index is 0.210. The van der Waals surface area contributed by atoms with E-state index >= 15 is 0 Å². The quantitative estimate of drug-likeness (QED) is 0.718. The SMILES string of the molecule is N#[N+]c1ccc(CS(N)(=O)=O)cc1. The van der Waals surface area contributed by atoms with E-state index in [0.717, 1.165) is 0 Å². The summed E-state index contributed by atoms with van der Waals surface area (Å²) in [6.07, 6.45) is 0. The Balaban J connectivity index is 2.89. The predicted molar refractivity (Wildman–Crippen MR) is 48.0 cm³/mol. The molecule has 1 rings (SSSR count). The Hall–Kier alpha value is -1.45. The van der Waals surface area contributed by atoms with E-state index in [1.54, 1.807) is 12.1 Å². The van der Waals surface area contributed by atoms with E-state index in [0.29, 0.717) is 11.3 Å². The number of hydrogen-bond acceptors (Lipinski definition) is 3. The summed E-state index contributed by atoms with van der Waals surface area (Å²) in [5, 5.41) is 13.2. The Morgan fingerprint density at radius 2 is 1.85 bits per heavy atom. The molecule has 6 heteroatoms. The molecule has 0 aromatic heterocycles. The van der Waals surface area contributed by atoms with E-state index in [1.165, 1.54) is 12.1 Å². The third-order valence-electron chi connectivity index (χ3n) is 1.42. The number of primary sulfonamides is 1. The van der Waals surface area contributed by atoms with Crippen LogP contribution in [0.25, 0.3) is 4.98 Å². The molecular formula is C7H8N3O2S+. The molecule has 0 saturated heterocycles. The van der Waals surface area contributed by atoms with E-state index in [1.807, 2.05) is 0 Å². The van der Waals surface area contributed by atoms with Crippen molar-refractivity contribution in [2.45, 2.75) is 5.75 Å². The van der Waals surface area contributed by atoms with Gasteiger partial charge in [-0.1, -0.05) is 0 Å². The van der Waals surface area contributed by atoms with Crippen LogP contribution in [0.4, 0.5) is 5.69 Å². The molecule has 0 fully saturated rings. The molecule has 0 aliphatic carbocycles. The highest BCUT2D eigenvalue weighted by atomic mass is 32.2. The summed E-state index contributed by atoms with van der Waals surface area (Å²) in [5.41, 5.74) is 0.938. The zero-order chi connectivity index (χ0) is 9.90. The maximum absolute atomic E-state index is 10.7. The van der Waals surface area contributed by atoms with Gasteiger partial charge >= 0.3 is 5.69 Å². The van der Waals surface area contributed by atoms with Gasteiger partial charge in [-0.05, 0) is 17.7 Å². The maximum Gasteiger partial charge on any atom is 0.385 e. The first-order valence-electron chi connectivity index (χ1n) is 3.46. The summed E-state index contributed by atoms with van der Waals surface area (Å²) in [5.74, 6) is -0.210. The van der Waals surface area contributed by atoms with Crippen LogP contribution in [-0.4, -0.2) is 8.42 Å². The lowest BCUT2D eigenvalue weighted by atomic mass is 10.2. The van der Waals surface area contributed by atoms with Gasteiger partial charge in [-0.15, -0.1) is 0 Å². The Labute approximate surface area is 75.9 Å². The normalized spacial score (nSPS) is 10.8. The van der Waals surface area contributed by atoms with Gasteiger partial charge in [0.05, 0.1) is 5.75 Å². The second-order valence-electron chi connectivity index (χ2n) is 2.57. The third kappa shape index (κ3) is 3.19. The molecular weight excluding hydrogens is 190 g/mol. The molecule has 0 spiro atoms. The lowest BCUT2D eigenvalue weighted by Gasteiger charge is -1.95. The van der Waals surface area contributed by atoms with Crippen molar-refractivity contribution in [3.63, 3.8) is 0 Å². The van der Waals surface area contributed by atoms with Crippen LogP contribution in [0.2, 0.25) is 0 Å². The molecule has 0 saturated carbocycles. The molecule has 0 radical (unpaired) electrons. The summed E-state index contributed by atoms with van der Waals surface area (Å²) in [6, 6.07) is 6.08. The zero-order valence-corrected chi connectivity index (χ0v) is 7.53. The highest BCUT2D eigenvalue weighted by molar-refractivity contribution is 7.88. The minimum atomic E-state index is -3.49. The number of diazo groups is 1. The van der Waals surface area contributed by atoms with Gasteiger partial charge < -0.3 is 0 Å². The first-order chi connectivity index (χ1) is 6.01. The van der Waals surface area contributed by atoms with Gasteiger partial charge in [-0.2, -0.15) is 0 Å². The first kappa shape index (κ1) is 9.64. The largest absolute Gasteiger partial charge is 0.385 e. The highest BCUT2D eigenvalue weighted by Crippen LogP contribution is 2.13. The lowest BCUT2D eigenvalue weighted by Crippen LogP contribution is -2.14. The van der Waals surface area contributed by atoms with Gasteiger partial charge in [0.1, 0.15) is 0 Å². The van der Waals surface area contributed by atoms with Gasteiger partial charge in [0.2, 0.25) is 15.4 Å². The van der Waals surface area contributed by atoms with Crippen LogP contribution in [0.1, 0.15) is 5.56 Å². The first-order valence-corrected chi connectivity index (χ1v) is 5.17. The van der Waals surface area contributed by atoms with Crippen molar-refractivity contribution in [3.8, 4) is 0 Å². The lowest BCUT2D eigenvalue weighted by molar-refractivity contribution is 0.597. The molecule has 5 nitrogen and oxygen atoms in total. The summed E-state index contributed by atoms with van der Waals surface area (Å²) < 4.78 is 21.3. The second-order valence-corrected chi connectivity index (χ2v) is 4.19. The van der Waals surface area contributed by atoms with E-state index in [-0.39, 0.29) is 5.75 Å². The van der Waals surface area contributed by atoms with Gasteiger partial charge in [-0.25, -0.2) is 13.6 Å². The Bertz CT molecular complexity index is 430. The molecule has 0 aliphatic rings. The van der Waals surface area contributed by atoms with Crippen LogP contribution < -0.4 is 5.14 Å². The van der Waals surface area contributed by atoms with Crippen molar-refractivity contribution in [1.29, 1.82) is 5.39 Å². The third-order valence-corrected chi connectivity index (χ3v) is 2.16. The van der Waals surface area contributed by atoms with Crippen molar-refractivity contribution in [2.75, 3.05) is 0 Å². The van der Waals surface area contributed by atoms with Gasteiger partial charge in [0.15, 0.2) is 4.98 Å². The van der Waals surface area contributed by atoms with Crippen LogP contribution in [0.15, 0.2) is 24.3 Å². The summed E-state index contributed by atoms with van der Waals surface area (Å²) in [7, 11) is -3.49. The smallest absolute Gasteiger partial charge is 0.228 e. The fourth-order valence-corrected chi connectivity index (χ4v) is 1.55. The van der Waals surface area contributed by atoms with Crippen molar-refractivity contribution in [1.82, 2.24) is 0 Å². The summed E-state index contributed by atoms with van der Waals surface area (Å²) in [4.78, 5) is 2.93. The molecule has 0 unspecified atom stereocenters. The maximum atomic E-state index is 10.7. The van der Waals surface area contributed by atoms with Crippen LogP contribution in [0, 0.1) is 5.39 Å². The topological polar surface area (TPSA) is 88.3 Å². The number of sulfonamides is 1. The molecule has 0 aliphatic heterocycles. The van der Waals surface area contributed by atoms with Crippen LogP contribution in [-0.2, 0) is 15.8 Å². The monoisotopic (exact) mass is 198 g/mol. The van der Waals surface area contributed by atoms with Crippen LogP contribution >= 0.6 is 0 Å². The molecule has 0 amide bonds. The van der Waals surface area contributed by atoms with Crippen LogP contribution in [0.3, 0.4) is 0 Å². The number of nitrogens with zero attached hydrogens (tertiary/aromatic N) is 2. The van der Waals surface area contributed by atoms with E-state index in [2.05, 4.69) is 4.98 Å². The van der Waals surface area contributed by atoms with Crippen molar-refractivity contribution in [2.24, 2.45) is 5.14 Å². The molecule has 68 valence electrons. The Morgan fingerprint density at radius 3 is 2.23 bits per heavy atom. The van der Waals surface area contributed by atoms with E-state index in [9.17, 15) is 8.42 Å². The predicted octanol–water partition coefficient (Wildman–Crippen LogP) is 0.960. The fraction of sp³-hybridized carbons (Fsp3) is 0.143. The zero-order valence-electron chi connectivity index (χ0n) is 6.71. The number of benzene rings is 1. The van der Waals surface area contributed by atoms with Gasteiger partial charge in [-0.3, -0.25) is 0 Å². The van der Waals surface area contributed by atoms with Crippen molar-refractivity contribution < 1.29 is 8.42 Å². The molecule has 0 bridgehead atoms. The van der Waals surface area contributed by atoms with E-state index < -0.39 is 10.0 Å². The molecule has 0 heterocycles. The van der Waals surface area contributed by atoms with Crippen molar-refractivity contribution >= 4 is 15.7 Å². The minimum Gasteiger partial charge on any atom is -0.228 e. The average molecular weight is 198 g/mol. The van der Waals surface area contributed by atoms with Crippen LogP contribution in [0.5, 0.6) is 0 Å². The highest BCUT2D eigenvalue weighted by Gasteiger charge is 2.07. The fourth-order valence-electron chi connectivity index (χ4n) is 0.891. The second kappa shape index (κ2) is 3.51. The molecule has 13 heavy (non-hydrogen) atoms. The number of nitrogens with two attached hydrogens (primary N) is 1. The molecule has 1 aromatic rings. The van der Waals surface area contributed by atoms with E-state index in [4.69, 9.17) is 10.5 Å². The number of hydrogen-bond donors (Lipinski definition) is 1. The standard InChI is InChI=1S/C7H8N3O2S/c8-10-7-3-1-6(2-4-7)5-13(9,11)12/h1-4H,5H2,(H2,9,11,12)/q+1. The molecule has 0 atom stereocenters. The molecule has 1 aromatic carbocycles. The van der Waals surface area contributed by atoms with Crippen molar-refractivity contribution in [3.05, 3.63) is 34.8 Å². The average Bonchev–Trinajstić information content (AvgIpc) is 2.03. The Kier molecular flexibility index (Phi) is 2.60. The summed E-state index contributed by atoms with van der Waals surface area (Å²) >= 11 is 0. The molecule has 2 N–H and O–H groups in total. The Morgan fingerprint density at radius 1 is 1.31 bits per heavy atom.